The van der Waals surface area contributed by atoms with Crippen molar-refractivity contribution in [1.29, 1.82) is 0 Å². The Morgan fingerprint density at radius 2 is 2.31 bits per heavy atom. The first-order valence-electron chi connectivity index (χ1n) is 5.21. The molecular formula is C10H22N2O. The van der Waals surface area contributed by atoms with E-state index in [-0.39, 0.29) is 0 Å². The van der Waals surface area contributed by atoms with Gasteiger partial charge < -0.3 is 10.1 Å². The number of hydrogen-bond acceptors (Lipinski definition) is 3. The molecule has 0 aromatic carbocycles. The quantitative estimate of drug-likeness (QED) is 0.684. The van der Waals surface area contributed by atoms with E-state index < -0.39 is 0 Å². The van der Waals surface area contributed by atoms with E-state index in [1.54, 1.807) is 7.11 Å². The highest BCUT2D eigenvalue weighted by molar-refractivity contribution is 4.76. The largest absolute Gasteiger partial charge is 0.380 e. The molecule has 1 rings (SSSR count). The van der Waals surface area contributed by atoms with Crippen LogP contribution < -0.4 is 5.32 Å². The van der Waals surface area contributed by atoms with Crippen LogP contribution in [0.15, 0.2) is 0 Å². The Morgan fingerprint density at radius 1 is 1.54 bits per heavy atom. The zero-order valence-corrected chi connectivity index (χ0v) is 9.05. The first-order valence-corrected chi connectivity index (χ1v) is 5.21. The molecule has 0 aromatic rings. The molecule has 1 heterocycles. The number of rotatable bonds is 5. The Kier molecular flexibility index (Phi) is 4.70. The highest BCUT2D eigenvalue weighted by atomic mass is 16.5. The Labute approximate surface area is 81.4 Å². The van der Waals surface area contributed by atoms with Crippen LogP contribution in [0.3, 0.4) is 0 Å². The Hall–Kier alpha value is -0.120. The summed E-state index contributed by atoms with van der Waals surface area (Å²) in [4.78, 5) is 2.46. The number of nitrogens with one attached hydrogen (secondary N) is 1. The average molecular weight is 186 g/mol. The monoisotopic (exact) mass is 186 g/mol. The summed E-state index contributed by atoms with van der Waals surface area (Å²) in [6, 6.07) is 0.598. The summed E-state index contributed by atoms with van der Waals surface area (Å²) >= 11 is 0. The Morgan fingerprint density at radius 3 is 2.85 bits per heavy atom. The summed E-state index contributed by atoms with van der Waals surface area (Å²) in [5.41, 5.74) is 0. The van der Waals surface area contributed by atoms with Crippen molar-refractivity contribution in [3.63, 3.8) is 0 Å². The van der Waals surface area contributed by atoms with Crippen LogP contribution in [0.4, 0.5) is 0 Å². The van der Waals surface area contributed by atoms with Gasteiger partial charge in [-0.25, -0.2) is 0 Å². The molecule has 1 atom stereocenters. The minimum Gasteiger partial charge on any atom is -0.380 e. The van der Waals surface area contributed by atoms with E-state index >= 15 is 0 Å². The molecule has 78 valence electrons. The summed E-state index contributed by atoms with van der Waals surface area (Å²) in [6.07, 6.45) is 1.66. The van der Waals surface area contributed by atoms with Gasteiger partial charge in [-0.05, 0) is 6.42 Å². The van der Waals surface area contributed by atoms with Crippen molar-refractivity contribution < 1.29 is 4.74 Å². The van der Waals surface area contributed by atoms with Crippen molar-refractivity contribution >= 4 is 0 Å². The molecule has 13 heavy (non-hydrogen) atoms. The minimum absolute atomic E-state index is 0.471. The first kappa shape index (κ1) is 11.0. The average Bonchev–Trinajstić information content (AvgIpc) is 2.52. The van der Waals surface area contributed by atoms with E-state index in [2.05, 4.69) is 24.1 Å². The van der Waals surface area contributed by atoms with Gasteiger partial charge in [-0.15, -0.1) is 0 Å². The van der Waals surface area contributed by atoms with Crippen LogP contribution in [0.5, 0.6) is 0 Å². The van der Waals surface area contributed by atoms with E-state index in [1.165, 1.54) is 13.0 Å². The molecule has 0 aromatic heterocycles. The third-order valence-corrected chi connectivity index (χ3v) is 2.54. The minimum atomic E-state index is 0.471. The number of likely N-dealkylation sites (tertiary alicyclic amines) is 1. The molecule has 0 aliphatic carbocycles. The van der Waals surface area contributed by atoms with Crippen LogP contribution in [0.1, 0.15) is 20.3 Å². The van der Waals surface area contributed by atoms with Gasteiger partial charge in [-0.3, -0.25) is 4.90 Å². The van der Waals surface area contributed by atoms with Crippen LogP contribution >= 0.6 is 0 Å². The topological polar surface area (TPSA) is 24.5 Å². The molecule has 0 spiro atoms. The molecule has 0 bridgehead atoms. The van der Waals surface area contributed by atoms with Gasteiger partial charge in [-0.1, -0.05) is 13.8 Å². The van der Waals surface area contributed by atoms with E-state index in [4.69, 9.17) is 4.74 Å². The maximum absolute atomic E-state index is 5.31. The SMILES string of the molecule is COC1CCN(CCNC(C)C)C1. The van der Waals surface area contributed by atoms with Crippen LogP contribution in [-0.4, -0.2) is 50.3 Å². The fourth-order valence-electron chi connectivity index (χ4n) is 1.70. The smallest absolute Gasteiger partial charge is 0.0710 e. The van der Waals surface area contributed by atoms with Gasteiger partial charge in [0.1, 0.15) is 0 Å². The van der Waals surface area contributed by atoms with E-state index in [9.17, 15) is 0 Å². The predicted molar refractivity (Wildman–Crippen MR) is 55.0 cm³/mol. The second-order valence-electron chi connectivity index (χ2n) is 4.06. The van der Waals surface area contributed by atoms with Gasteiger partial charge in [0.15, 0.2) is 0 Å². The van der Waals surface area contributed by atoms with E-state index in [1.807, 2.05) is 0 Å². The van der Waals surface area contributed by atoms with Crippen LogP contribution in [0.2, 0.25) is 0 Å². The van der Waals surface area contributed by atoms with Gasteiger partial charge in [-0.2, -0.15) is 0 Å². The fourth-order valence-corrected chi connectivity index (χ4v) is 1.70. The fraction of sp³-hybridized carbons (Fsp3) is 1.00. The lowest BCUT2D eigenvalue weighted by atomic mass is 10.3. The standard InChI is InChI=1S/C10H22N2O/c1-9(2)11-5-7-12-6-4-10(8-12)13-3/h9-11H,4-8H2,1-3H3. The normalized spacial score (nSPS) is 24.5. The number of ether oxygens (including phenoxy) is 1. The second-order valence-corrected chi connectivity index (χ2v) is 4.06. The molecule has 1 aliphatic rings. The van der Waals surface area contributed by atoms with Crippen LogP contribution in [-0.2, 0) is 4.74 Å². The highest BCUT2D eigenvalue weighted by Crippen LogP contribution is 2.10. The maximum Gasteiger partial charge on any atom is 0.0710 e. The molecule has 0 radical (unpaired) electrons. The van der Waals surface area contributed by atoms with E-state index in [0.29, 0.717) is 12.1 Å². The summed E-state index contributed by atoms with van der Waals surface area (Å²) in [7, 11) is 1.81. The number of nitrogens with zero attached hydrogens (tertiary/aromatic N) is 1. The molecule has 0 amide bonds. The summed E-state index contributed by atoms with van der Waals surface area (Å²) in [5.74, 6) is 0. The van der Waals surface area contributed by atoms with Crippen molar-refractivity contribution in [1.82, 2.24) is 10.2 Å². The van der Waals surface area contributed by atoms with E-state index in [0.717, 1.165) is 19.6 Å². The van der Waals surface area contributed by atoms with Gasteiger partial charge >= 0.3 is 0 Å². The molecule has 1 aliphatic heterocycles. The zero-order chi connectivity index (χ0) is 9.68. The molecule has 1 fully saturated rings. The molecule has 3 heteroatoms. The lowest BCUT2D eigenvalue weighted by Gasteiger charge is -2.16. The predicted octanol–water partition coefficient (Wildman–Crippen LogP) is 0.705. The van der Waals surface area contributed by atoms with Crippen molar-refractivity contribution in [3.8, 4) is 0 Å². The van der Waals surface area contributed by atoms with Gasteiger partial charge in [0.2, 0.25) is 0 Å². The molecule has 1 unspecified atom stereocenters. The lowest BCUT2D eigenvalue weighted by molar-refractivity contribution is 0.108. The van der Waals surface area contributed by atoms with Crippen LogP contribution in [0.25, 0.3) is 0 Å². The zero-order valence-electron chi connectivity index (χ0n) is 9.05. The first-order chi connectivity index (χ1) is 6.22. The maximum atomic E-state index is 5.31. The Balaban J connectivity index is 2.03. The molecule has 3 nitrogen and oxygen atoms in total. The van der Waals surface area contributed by atoms with Crippen molar-refractivity contribution in [2.24, 2.45) is 0 Å². The van der Waals surface area contributed by atoms with Crippen molar-refractivity contribution in [2.45, 2.75) is 32.4 Å². The third-order valence-electron chi connectivity index (χ3n) is 2.54. The number of methoxy groups -OCH3 is 1. The molecule has 1 saturated heterocycles. The van der Waals surface area contributed by atoms with Crippen molar-refractivity contribution in [2.75, 3.05) is 33.3 Å². The highest BCUT2D eigenvalue weighted by Gasteiger charge is 2.20. The number of hydrogen-bond donors (Lipinski definition) is 1. The van der Waals surface area contributed by atoms with Crippen LogP contribution in [0, 0.1) is 0 Å². The Bertz CT molecular complexity index is 139. The molecule has 1 N–H and O–H groups in total. The second kappa shape index (κ2) is 5.58. The van der Waals surface area contributed by atoms with Gasteiger partial charge in [0.05, 0.1) is 6.10 Å². The molecular weight excluding hydrogens is 164 g/mol. The van der Waals surface area contributed by atoms with Crippen molar-refractivity contribution in [3.05, 3.63) is 0 Å². The summed E-state index contributed by atoms with van der Waals surface area (Å²) in [5, 5.41) is 3.42. The summed E-state index contributed by atoms with van der Waals surface area (Å²) < 4.78 is 5.31. The molecule has 0 saturated carbocycles. The van der Waals surface area contributed by atoms with Gasteiger partial charge in [0.25, 0.3) is 0 Å². The lowest BCUT2D eigenvalue weighted by Crippen LogP contribution is -2.34. The van der Waals surface area contributed by atoms with Gasteiger partial charge in [0, 0.05) is 39.3 Å². The third kappa shape index (κ3) is 4.07. The summed E-state index contributed by atoms with van der Waals surface area (Å²) in [6.45, 7) is 8.91.